The van der Waals surface area contributed by atoms with Crippen molar-refractivity contribution in [2.24, 2.45) is 5.41 Å². The number of rotatable bonds is 10. The highest BCUT2D eigenvalue weighted by molar-refractivity contribution is 9.09. The summed E-state index contributed by atoms with van der Waals surface area (Å²) < 4.78 is 10.2. The number of esters is 2. The van der Waals surface area contributed by atoms with Gasteiger partial charge in [-0.15, -0.1) is 0 Å². The number of carbonyl (C=O) groups is 2. The lowest BCUT2D eigenvalue weighted by atomic mass is 9.78. The van der Waals surface area contributed by atoms with E-state index in [1.807, 2.05) is 6.92 Å². The van der Waals surface area contributed by atoms with Crippen molar-refractivity contribution < 1.29 is 19.1 Å². The van der Waals surface area contributed by atoms with E-state index in [-0.39, 0.29) is 13.2 Å². The molecule has 112 valence electrons. The van der Waals surface area contributed by atoms with Crippen LogP contribution in [-0.4, -0.2) is 30.5 Å². The van der Waals surface area contributed by atoms with Gasteiger partial charge in [0.1, 0.15) is 0 Å². The molecule has 0 saturated heterocycles. The molecule has 0 aliphatic carbocycles. The topological polar surface area (TPSA) is 52.6 Å². The Bertz CT molecular complexity index is 251. The minimum absolute atomic E-state index is 0.278. The van der Waals surface area contributed by atoms with Crippen LogP contribution in [-0.2, 0) is 19.1 Å². The Labute approximate surface area is 124 Å². The van der Waals surface area contributed by atoms with Crippen molar-refractivity contribution in [2.75, 3.05) is 18.5 Å². The summed E-state index contributed by atoms with van der Waals surface area (Å²) in [6.45, 7) is 6.09. The standard InChI is InChI=1S/C14H25BrO4/c1-4-7-9-14(10-8-11-15,12(16)18-5-2)13(17)19-6-3/h4-11H2,1-3H3. The Hall–Kier alpha value is -0.580. The van der Waals surface area contributed by atoms with Crippen LogP contribution in [0.2, 0.25) is 0 Å². The molecular formula is C14H25BrO4. The van der Waals surface area contributed by atoms with Crippen LogP contribution in [0.3, 0.4) is 0 Å². The third kappa shape index (κ3) is 5.51. The summed E-state index contributed by atoms with van der Waals surface area (Å²) in [5, 5.41) is 0.750. The molecule has 0 aromatic rings. The summed E-state index contributed by atoms with van der Waals surface area (Å²) in [6, 6.07) is 0. The summed E-state index contributed by atoms with van der Waals surface area (Å²) >= 11 is 3.34. The predicted octanol–water partition coefficient (Wildman–Crippen LogP) is 3.46. The average Bonchev–Trinajstić information content (AvgIpc) is 2.40. The zero-order valence-electron chi connectivity index (χ0n) is 12.2. The van der Waals surface area contributed by atoms with Gasteiger partial charge < -0.3 is 9.47 Å². The Balaban J connectivity index is 5.16. The Morgan fingerprint density at radius 1 is 0.947 bits per heavy atom. The van der Waals surface area contributed by atoms with Gasteiger partial charge in [0.2, 0.25) is 0 Å². The van der Waals surface area contributed by atoms with Crippen molar-refractivity contribution in [3.63, 3.8) is 0 Å². The normalized spacial score (nSPS) is 11.2. The minimum atomic E-state index is -1.13. The van der Waals surface area contributed by atoms with Gasteiger partial charge in [-0.1, -0.05) is 35.7 Å². The molecule has 4 nitrogen and oxygen atoms in total. The molecule has 0 aliphatic heterocycles. The number of unbranched alkanes of at least 4 members (excludes halogenated alkanes) is 1. The number of hydrogen-bond donors (Lipinski definition) is 0. The molecule has 0 unspecified atom stereocenters. The van der Waals surface area contributed by atoms with E-state index < -0.39 is 17.4 Å². The SMILES string of the molecule is CCCCC(CCCBr)(C(=O)OCC)C(=O)OCC. The molecule has 0 rings (SSSR count). The monoisotopic (exact) mass is 336 g/mol. The largest absolute Gasteiger partial charge is 0.465 e. The molecular weight excluding hydrogens is 312 g/mol. The van der Waals surface area contributed by atoms with Gasteiger partial charge in [-0.05, 0) is 33.1 Å². The van der Waals surface area contributed by atoms with E-state index in [0.717, 1.165) is 24.6 Å². The summed E-state index contributed by atoms with van der Waals surface area (Å²) in [7, 11) is 0. The molecule has 0 heterocycles. The summed E-state index contributed by atoms with van der Waals surface area (Å²) in [5.74, 6) is -0.884. The molecule has 0 atom stereocenters. The van der Waals surface area contributed by atoms with Crippen LogP contribution in [0.5, 0.6) is 0 Å². The third-order valence-electron chi connectivity index (χ3n) is 3.03. The van der Waals surface area contributed by atoms with Gasteiger partial charge in [-0.2, -0.15) is 0 Å². The maximum atomic E-state index is 12.3. The number of hydrogen-bond acceptors (Lipinski definition) is 4. The third-order valence-corrected chi connectivity index (χ3v) is 3.59. The second kappa shape index (κ2) is 10.2. The van der Waals surface area contributed by atoms with E-state index in [9.17, 15) is 9.59 Å². The first-order valence-electron chi connectivity index (χ1n) is 6.99. The molecule has 0 saturated carbocycles. The van der Waals surface area contributed by atoms with E-state index in [1.165, 1.54) is 0 Å². The van der Waals surface area contributed by atoms with Crippen molar-refractivity contribution in [1.82, 2.24) is 0 Å². The molecule has 0 bridgehead atoms. The quantitative estimate of drug-likeness (QED) is 0.348. The first kappa shape index (κ1) is 18.4. The van der Waals surface area contributed by atoms with E-state index >= 15 is 0 Å². The average molecular weight is 337 g/mol. The van der Waals surface area contributed by atoms with Crippen LogP contribution in [0.15, 0.2) is 0 Å². The minimum Gasteiger partial charge on any atom is -0.465 e. The Kier molecular flexibility index (Phi) is 9.92. The summed E-state index contributed by atoms with van der Waals surface area (Å²) in [6.07, 6.45) is 3.43. The van der Waals surface area contributed by atoms with Gasteiger partial charge in [0.15, 0.2) is 5.41 Å². The van der Waals surface area contributed by atoms with E-state index in [1.54, 1.807) is 13.8 Å². The molecule has 0 aromatic heterocycles. The fourth-order valence-electron chi connectivity index (χ4n) is 2.00. The van der Waals surface area contributed by atoms with Crippen LogP contribution in [0.4, 0.5) is 0 Å². The molecule has 0 spiro atoms. The Morgan fingerprint density at radius 2 is 1.42 bits per heavy atom. The van der Waals surface area contributed by atoms with Gasteiger partial charge in [-0.25, -0.2) is 0 Å². The highest BCUT2D eigenvalue weighted by atomic mass is 79.9. The molecule has 0 amide bonds. The molecule has 0 radical (unpaired) electrons. The number of carbonyl (C=O) groups excluding carboxylic acids is 2. The van der Waals surface area contributed by atoms with Gasteiger partial charge in [0.25, 0.3) is 0 Å². The maximum Gasteiger partial charge on any atom is 0.323 e. The van der Waals surface area contributed by atoms with Gasteiger partial charge in [0, 0.05) is 5.33 Å². The summed E-state index contributed by atoms with van der Waals surface area (Å²) in [5.41, 5.74) is -1.13. The van der Waals surface area contributed by atoms with Gasteiger partial charge in [-0.3, -0.25) is 9.59 Å². The van der Waals surface area contributed by atoms with E-state index in [4.69, 9.17) is 9.47 Å². The molecule has 5 heteroatoms. The van der Waals surface area contributed by atoms with E-state index in [2.05, 4.69) is 15.9 Å². The lowest BCUT2D eigenvalue weighted by Crippen LogP contribution is -2.42. The predicted molar refractivity (Wildman–Crippen MR) is 78.3 cm³/mol. The van der Waals surface area contributed by atoms with Crippen molar-refractivity contribution in [2.45, 2.75) is 52.9 Å². The van der Waals surface area contributed by atoms with Crippen molar-refractivity contribution in [3.8, 4) is 0 Å². The highest BCUT2D eigenvalue weighted by Crippen LogP contribution is 2.34. The fraction of sp³-hybridized carbons (Fsp3) is 0.857. The molecule has 0 fully saturated rings. The number of alkyl halides is 1. The van der Waals surface area contributed by atoms with Gasteiger partial charge in [0.05, 0.1) is 13.2 Å². The zero-order valence-corrected chi connectivity index (χ0v) is 13.8. The second-order valence-corrected chi connectivity index (χ2v) is 5.21. The number of ether oxygens (including phenoxy) is 2. The first-order valence-corrected chi connectivity index (χ1v) is 8.11. The van der Waals surface area contributed by atoms with Crippen LogP contribution >= 0.6 is 15.9 Å². The summed E-state index contributed by atoms with van der Waals surface area (Å²) in [4.78, 5) is 24.5. The van der Waals surface area contributed by atoms with Crippen LogP contribution in [0.1, 0.15) is 52.9 Å². The maximum absolute atomic E-state index is 12.3. The van der Waals surface area contributed by atoms with Crippen molar-refractivity contribution in [3.05, 3.63) is 0 Å². The van der Waals surface area contributed by atoms with Crippen molar-refractivity contribution >= 4 is 27.9 Å². The lowest BCUT2D eigenvalue weighted by Gasteiger charge is -2.29. The highest BCUT2D eigenvalue weighted by Gasteiger charge is 2.47. The smallest absolute Gasteiger partial charge is 0.323 e. The van der Waals surface area contributed by atoms with Crippen LogP contribution < -0.4 is 0 Å². The number of halogens is 1. The molecule has 0 N–H and O–H groups in total. The molecule has 0 aromatic carbocycles. The zero-order chi connectivity index (χ0) is 14.7. The second-order valence-electron chi connectivity index (χ2n) is 4.42. The lowest BCUT2D eigenvalue weighted by molar-refractivity contribution is -0.173. The van der Waals surface area contributed by atoms with Crippen LogP contribution in [0.25, 0.3) is 0 Å². The molecule has 0 aliphatic rings. The molecule has 19 heavy (non-hydrogen) atoms. The van der Waals surface area contributed by atoms with Crippen molar-refractivity contribution in [1.29, 1.82) is 0 Å². The fourth-order valence-corrected chi connectivity index (χ4v) is 2.28. The first-order chi connectivity index (χ1) is 9.08. The van der Waals surface area contributed by atoms with E-state index in [0.29, 0.717) is 12.8 Å². The Morgan fingerprint density at radius 3 is 1.79 bits per heavy atom. The van der Waals surface area contributed by atoms with Gasteiger partial charge >= 0.3 is 11.9 Å². The van der Waals surface area contributed by atoms with Crippen LogP contribution in [0, 0.1) is 5.41 Å².